The van der Waals surface area contributed by atoms with Gasteiger partial charge in [0.05, 0.1) is 6.54 Å². The maximum atomic E-state index is 12.3. The van der Waals surface area contributed by atoms with Crippen molar-refractivity contribution >= 4 is 29.9 Å². The van der Waals surface area contributed by atoms with Gasteiger partial charge >= 0.3 is 0 Å². The second kappa shape index (κ2) is 7.26. The van der Waals surface area contributed by atoms with Crippen LogP contribution in [0.15, 0.2) is 30.3 Å². The highest BCUT2D eigenvalue weighted by Gasteiger charge is 2.38. The molecule has 2 N–H and O–H groups in total. The molecule has 6 heteroatoms. The summed E-state index contributed by atoms with van der Waals surface area (Å²) in [6.07, 6.45) is 0.642. The Bertz CT molecular complexity index is 467. The van der Waals surface area contributed by atoms with Gasteiger partial charge in [-0.25, -0.2) is 0 Å². The number of carbonyl (C=O) groups is 2. The normalized spacial score (nSPS) is 21.5. The van der Waals surface area contributed by atoms with E-state index in [1.54, 1.807) is 11.9 Å². The molecule has 1 saturated heterocycles. The van der Waals surface area contributed by atoms with E-state index in [0.29, 0.717) is 6.42 Å². The number of para-hydroxylation sites is 1. The third-order valence-corrected chi connectivity index (χ3v) is 3.26. The fourth-order valence-electron chi connectivity index (χ4n) is 2.43. The number of anilines is 1. The number of benzene rings is 1. The first-order chi connectivity index (χ1) is 9.13. The molecule has 20 heavy (non-hydrogen) atoms. The second-order valence-corrected chi connectivity index (χ2v) is 4.78. The summed E-state index contributed by atoms with van der Waals surface area (Å²) in [5.74, 6) is -0.189. The molecule has 1 aliphatic rings. The summed E-state index contributed by atoms with van der Waals surface area (Å²) in [6, 6.07) is 9.22. The van der Waals surface area contributed by atoms with Gasteiger partial charge in [0.15, 0.2) is 0 Å². The van der Waals surface area contributed by atoms with Gasteiger partial charge in [0, 0.05) is 11.7 Å². The lowest BCUT2D eigenvalue weighted by molar-refractivity contribution is -0.125. The Morgan fingerprint density at radius 1 is 1.35 bits per heavy atom. The largest absolute Gasteiger partial charge is 0.343 e. The summed E-state index contributed by atoms with van der Waals surface area (Å²) in [5.41, 5.74) is 0.880. The molecule has 1 aliphatic heterocycles. The zero-order chi connectivity index (χ0) is 13.8. The molecule has 0 spiro atoms. The topological polar surface area (TPSA) is 61.4 Å². The lowest BCUT2D eigenvalue weighted by Gasteiger charge is -2.21. The summed E-state index contributed by atoms with van der Waals surface area (Å²) in [5, 5.41) is 5.54. The molecule has 5 nitrogen and oxygen atoms in total. The monoisotopic (exact) mass is 297 g/mol. The van der Waals surface area contributed by atoms with E-state index in [9.17, 15) is 9.59 Å². The summed E-state index contributed by atoms with van der Waals surface area (Å²) in [7, 11) is 1.70. The first kappa shape index (κ1) is 16.5. The van der Waals surface area contributed by atoms with Crippen molar-refractivity contribution in [3.05, 3.63) is 30.3 Å². The summed E-state index contributed by atoms with van der Waals surface area (Å²) < 4.78 is 0. The SMILES string of the molecule is CNCC(=O)NC1CC(C)N(c2ccccc2)C1=O.Cl. The number of hydrogen-bond acceptors (Lipinski definition) is 3. The van der Waals surface area contributed by atoms with Gasteiger partial charge in [-0.05, 0) is 32.5 Å². The molecule has 0 bridgehead atoms. The number of nitrogens with one attached hydrogen (secondary N) is 2. The van der Waals surface area contributed by atoms with E-state index in [4.69, 9.17) is 0 Å². The summed E-state index contributed by atoms with van der Waals surface area (Å²) in [4.78, 5) is 25.7. The van der Waals surface area contributed by atoms with Gasteiger partial charge in [-0.1, -0.05) is 18.2 Å². The molecule has 2 rings (SSSR count). The Kier molecular flexibility index (Phi) is 5.98. The Balaban J connectivity index is 0.00000200. The predicted molar refractivity (Wildman–Crippen MR) is 81.1 cm³/mol. The van der Waals surface area contributed by atoms with Crippen LogP contribution in [0.2, 0.25) is 0 Å². The van der Waals surface area contributed by atoms with Gasteiger partial charge < -0.3 is 15.5 Å². The van der Waals surface area contributed by atoms with Crippen molar-refractivity contribution in [2.45, 2.75) is 25.4 Å². The van der Waals surface area contributed by atoms with Crippen molar-refractivity contribution < 1.29 is 9.59 Å². The molecule has 1 aromatic rings. The number of hydrogen-bond donors (Lipinski definition) is 2. The maximum Gasteiger partial charge on any atom is 0.249 e. The van der Waals surface area contributed by atoms with Crippen LogP contribution in [-0.2, 0) is 9.59 Å². The van der Waals surface area contributed by atoms with Gasteiger partial charge in [-0.2, -0.15) is 0 Å². The molecular formula is C14H20ClN3O2. The molecule has 0 aromatic heterocycles. The first-order valence-corrected chi connectivity index (χ1v) is 6.45. The minimum atomic E-state index is -0.420. The molecule has 2 unspecified atom stereocenters. The Hall–Kier alpha value is -1.59. The van der Waals surface area contributed by atoms with Crippen LogP contribution in [0.5, 0.6) is 0 Å². The average molecular weight is 298 g/mol. The molecule has 1 aromatic carbocycles. The lowest BCUT2D eigenvalue weighted by Crippen LogP contribution is -2.44. The van der Waals surface area contributed by atoms with Crippen LogP contribution in [-0.4, -0.2) is 37.5 Å². The van der Waals surface area contributed by atoms with Crippen molar-refractivity contribution in [3.8, 4) is 0 Å². The van der Waals surface area contributed by atoms with E-state index < -0.39 is 6.04 Å². The second-order valence-electron chi connectivity index (χ2n) is 4.78. The van der Waals surface area contributed by atoms with Crippen molar-refractivity contribution in [2.24, 2.45) is 0 Å². The minimum Gasteiger partial charge on any atom is -0.343 e. The third-order valence-electron chi connectivity index (χ3n) is 3.26. The highest BCUT2D eigenvalue weighted by Crippen LogP contribution is 2.26. The van der Waals surface area contributed by atoms with Crippen LogP contribution < -0.4 is 15.5 Å². The van der Waals surface area contributed by atoms with Crippen LogP contribution in [0, 0.1) is 0 Å². The van der Waals surface area contributed by atoms with Crippen LogP contribution in [0.4, 0.5) is 5.69 Å². The molecule has 110 valence electrons. The zero-order valence-corrected chi connectivity index (χ0v) is 12.4. The van der Waals surface area contributed by atoms with E-state index >= 15 is 0 Å². The van der Waals surface area contributed by atoms with Crippen LogP contribution >= 0.6 is 12.4 Å². The maximum absolute atomic E-state index is 12.3. The fourth-order valence-corrected chi connectivity index (χ4v) is 2.43. The molecular weight excluding hydrogens is 278 g/mol. The van der Waals surface area contributed by atoms with E-state index in [-0.39, 0.29) is 36.8 Å². The lowest BCUT2D eigenvalue weighted by atomic mass is 10.2. The van der Waals surface area contributed by atoms with Gasteiger partial charge in [-0.3, -0.25) is 9.59 Å². The smallest absolute Gasteiger partial charge is 0.249 e. The van der Waals surface area contributed by atoms with Crippen molar-refractivity contribution in [3.63, 3.8) is 0 Å². The average Bonchev–Trinajstić information content (AvgIpc) is 2.66. The standard InChI is InChI=1S/C14H19N3O2.ClH/c1-10-8-12(16-13(18)9-15-2)14(19)17(10)11-6-4-3-5-7-11;/h3-7,10,12,15H,8-9H2,1-2H3,(H,16,18);1H. The molecule has 2 atom stereocenters. The molecule has 0 radical (unpaired) electrons. The molecule has 1 fully saturated rings. The van der Waals surface area contributed by atoms with Gasteiger partial charge in [0.2, 0.25) is 11.8 Å². The van der Waals surface area contributed by atoms with E-state index in [1.807, 2.05) is 37.3 Å². The number of nitrogens with zero attached hydrogens (tertiary/aromatic N) is 1. The Morgan fingerprint density at radius 2 is 2.00 bits per heavy atom. The highest BCUT2D eigenvalue weighted by atomic mass is 35.5. The van der Waals surface area contributed by atoms with E-state index in [0.717, 1.165) is 5.69 Å². The zero-order valence-electron chi connectivity index (χ0n) is 11.6. The van der Waals surface area contributed by atoms with E-state index in [1.165, 1.54) is 0 Å². The third kappa shape index (κ3) is 3.49. The van der Waals surface area contributed by atoms with Crippen molar-refractivity contribution in [2.75, 3.05) is 18.5 Å². The highest BCUT2D eigenvalue weighted by molar-refractivity contribution is 6.02. The number of carbonyl (C=O) groups excluding carboxylic acids is 2. The van der Waals surface area contributed by atoms with Crippen LogP contribution in [0.3, 0.4) is 0 Å². The van der Waals surface area contributed by atoms with Crippen LogP contribution in [0.1, 0.15) is 13.3 Å². The quantitative estimate of drug-likeness (QED) is 0.869. The van der Waals surface area contributed by atoms with Crippen molar-refractivity contribution in [1.82, 2.24) is 10.6 Å². The molecule has 0 aliphatic carbocycles. The summed E-state index contributed by atoms with van der Waals surface area (Å²) >= 11 is 0. The van der Waals surface area contributed by atoms with Gasteiger partial charge in [0.25, 0.3) is 0 Å². The predicted octanol–water partition coefficient (Wildman–Crippen LogP) is 0.938. The number of likely N-dealkylation sites (N-methyl/N-ethyl adjacent to an activating group) is 1. The van der Waals surface area contributed by atoms with E-state index in [2.05, 4.69) is 10.6 Å². The number of amides is 2. The first-order valence-electron chi connectivity index (χ1n) is 6.45. The molecule has 1 heterocycles. The number of rotatable bonds is 4. The van der Waals surface area contributed by atoms with Crippen LogP contribution in [0.25, 0.3) is 0 Å². The fraction of sp³-hybridized carbons (Fsp3) is 0.429. The molecule has 2 amide bonds. The Labute approximate surface area is 125 Å². The van der Waals surface area contributed by atoms with Gasteiger partial charge in [0.1, 0.15) is 6.04 Å². The Morgan fingerprint density at radius 3 is 2.60 bits per heavy atom. The van der Waals surface area contributed by atoms with Gasteiger partial charge in [-0.15, -0.1) is 12.4 Å². The number of halogens is 1. The summed E-state index contributed by atoms with van der Waals surface area (Å²) in [6.45, 7) is 2.22. The van der Waals surface area contributed by atoms with Crippen molar-refractivity contribution in [1.29, 1.82) is 0 Å². The minimum absolute atomic E-state index is 0. The molecule has 0 saturated carbocycles.